The van der Waals surface area contributed by atoms with Gasteiger partial charge in [-0.15, -0.1) is 0 Å². The molecule has 27 heavy (non-hydrogen) atoms. The topological polar surface area (TPSA) is 124 Å². The summed E-state index contributed by atoms with van der Waals surface area (Å²) in [6.07, 6.45) is 0. The molecule has 0 saturated carbocycles. The summed E-state index contributed by atoms with van der Waals surface area (Å²) in [5.41, 5.74) is 11.9. The van der Waals surface area contributed by atoms with Gasteiger partial charge in [-0.25, -0.2) is 0 Å². The first-order valence-electron chi connectivity index (χ1n) is 7.89. The molecule has 0 bridgehead atoms. The number of hydrogen-bond acceptors (Lipinski definition) is 8. The van der Waals surface area contributed by atoms with Crippen molar-refractivity contribution in [3.63, 3.8) is 0 Å². The highest BCUT2D eigenvalue weighted by molar-refractivity contribution is 7.99. The monoisotopic (exact) mass is 404 g/mol. The van der Waals surface area contributed by atoms with Crippen LogP contribution in [0.1, 0.15) is 5.76 Å². The number of nitrogens with zero attached hydrogens (tertiary/aromatic N) is 4. The summed E-state index contributed by atoms with van der Waals surface area (Å²) in [4.78, 5) is 25.4. The van der Waals surface area contributed by atoms with Crippen LogP contribution >= 0.6 is 23.4 Å². The summed E-state index contributed by atoms with van der Waals surface area (Å²) < 4.78 is 5.81. The second kappa shape index (κ2) is 8.28. The maximum atomic E-state index is 12.3. The largest absolute Gasteiger partial charge is 0.459 e. The lowest BCUT2D eigenvalue weighted by Gasteiger charge is -2.15. The Morgan fingerprint density at radius 1 is 1.11 bits per heavy atom. The molecular formula is C17H17ClN6O2S. The van der Waals surface area contributed by atoms with Gasteiger partial charge in [0.05, 0.1) is 12.3 Å². The number of nitrogen functional groups attached to an aromatic ring is 2. The average molecular weight is 405 g/mol. The van der Waals surface area contributed by atoms with Gasteiger partial charge in [0.1, 0.15) is 11.5 Å². The fraction of sp³-hybridized carbons (Fsp3) is 0.176. The fourth-order valence-corrected chi connectivity index (χ4v) is 3.16. The lowest BCUT2D eigenvalue weighted by Crippen LogP contribution is -2.27. The van der Waals surface area contributed by atoms with Gasteiger partial charge in [-0.3, -0.25) is 4.79 Å². The van der Waals surface area contributed by atoms with Gasteiger partial charge in [0.15, 0.2) is 5.16 Å². The number of nitrogens with two attached hydrogens (primary N) is 2. The van der Waals surface area contributed by atoms with Crippen LogP contribution in [0, 0.1) is 0 Å². The van der Waals surface area contributed by atoms with Crippen LogP contribution in [0.4, 0.5) is 11.9 Å². The van der Waals surface area contributed by atoms with Crippen LogP contribution in [0.2, 0.25) is 5.02 Å². The average Bonchev–Trinajstić information content (AvgIpc) is 3.08. The summed E-state index contributed by atoms with van der Waals surface area (Å²) in [5.74, 6) is 1.47. The molecule has 0 aliphatic rings. The van der Waals surface area contributed by atoms with E-state index in [1.807, 2.05) is 24.3 Å². The van der Waals surface area contributed by atoms with E-state index in [1.54, 1.807) is 24.1 Å². The molecule has 4 N–H and O–H groups in total. The lowest BCUT2D eigenvalue weighted by atomic mass is 10.2. The summed E-state index contributed by atoms with van der Waals surface area (Å²) in [5, 5.41) is 0.972. The van der Waals surface area contributed by atoms with Crippen molar-refractivity contribution in [2.45, 2.75) is 11.7 Å². The zero-order chi connectivity index (χ0) is 19.4. The molecule has 2 aromatic heterocycles. The predicted octanol–water partition coefficient (Wildman–Crippen LogP) is 2.70. The Morgan fingerprint density at radius 3 is 2.44 bits per heavy atom. The Kier molecular flexibility index (Phi) is 5.82. The zero-order valence-electron chi connectivity index (χ0n) is 14.4. The van der Waals surface area contributed by atoms with Crippen LogP contribution in [-0.4, -0.2) is 38.6 Å². The Balaban J connectivity index is 1.57. The Bertz CT molecular complexity index is 927. The van der Waals surface area contributed by atoms with Crippen molar-refractivity contribution < 1.29 is 9.21 Å². The maximum absolute atomic E-state index is 12.3. The molecule has 0 fully saturated rings. The number of anilines is 2. The van der Waals surface area contributed by atoms with E-state index in [0.717, 1.165) is 17.3 Å². The van der Waals surface area contributed by atoms with E-state index < -0.39 is 0 Å². The van der Waals surface area contributed by atoms with Gasteiger partial charge in [-0.2, -0.15) is 15.0 Å². The quantitative estimate of drug-likeness (QED) is 0.601. The highest BCUT2D eigenvalue weighted by Gasteiger charge is 2.14. The van der Waals surface area contributed by atoms with E-state index in [0.29, 0.717) is 28.2 Å². The minimum absolute atomic E-state index is 0.0242. The van der Waals surface area contributed by atoms with E-state index >= 15 is 0 Å². The van der Waals surface area contributed by atoms with Gasteiger partial charge in [-0.05, 0) is 36.4 Å². The second-order valence-corrected chi connectivity index (χ2v) is 7.02. The molecule has 0 saturated heterocycles. The molecule has 3 aromatic rings. The normalized spacial score (nSPS) is 10.7. The van der Waals surface area contributed by atoms with Crippen LogP contribution in [0.15, 0.2) is 46.0 Å². The molecule has 1 amide bonds. The minimum Gasteiger partial charge on any atom is -0.459 e. The second-order valence-electron chi connectivity index (χ2n) is 5.65. The van der Waals surface area contributed by atoms with Crippen molar-refractivity contribution >= 4 is 41.2 Å². The smallest absolute Gasteiger partial charge is 0.233 e. The number of amides is 1. The Morgan fingerprint density at radius 2 is 1.78 bits per heavy atom. The van der Waals surface area contributed by atoms with E-state index in [4.69, 9.17) is 27.5 Å². The van der Waals surface area contributed by atoms with Gasteiger partial charge in [-0.1, -0.05) is 23.4 Å². The number of halogens is 1. The third-order valence-electron chi connectivity index (χ3n) is 3.58. The molecule has 2 heterocycles. The van der Waals surface area contributed by atoms with Gasteiger partial charge >= 0.3 is 0 Å². The SMILES string of the molecule is CN(Cc1ccc(-c2ccc(Cl)cc2)o1)C(=O)CSc1nc(N)nc(N)n1. The molecule has 0 spiro atoms. The van der Waals surface area contributed by atoms with E-state index in [1.165, 1.54) is 0 Å². The number of hydrogen-bond donors (Lipinski definition) is 2. The highest BCUT2D eigenvalue weighted by atomic mass is 35.5. The molecule has 0 unspecified atom stereocenters. The van der Waals surface area contributed by atoms with E-state index in [2.05, 4.69) is 15.0 Å². The van der Waals surface area contributed by atoms with Crippen LogP contribution in [0.5, 0.6) is 0 Å². The minimum atomic E-state index is -0.109. The molecule has 0 aliphatic carbocycles. The molecular weight excluding hydrogens is 388 g/mol. The zero-order valence-corrected chi connectivity index (χ0v) is 16.0. The highest BCUT2D eigenvalue weighted by Crippen LogP contribution is 2.24. The summed E-state index contributed by atoms with van der Waals surface area (Å²) >= 11 is 7.04. The number of benzene rings is 1. The molecule has 140 valence electrons. The lowest BCUT2D eigenvalue weighted by molar-refractivity contribution is -0.127. The van der Waals surface area contributed by atoms with Gasteiger partial charge in [0.25, 0.3) is 0 Å². The van der Waals surface area contributed by atoms with Crippen molar-refractivity contribution in [1.82, 2.24) is 19.9 Å². The van der Waals surface area contributed by atoms with Crippen LogP contribution in [0.3, 0.4) is 0 Å². The molecule has 0 atom stereocenters. The summed E-state index contributed by atoms with van der Waals surface area (Å²) in [6.45, 7) is 0.342. The third kappa shape index (κ3) is 5.11. The van der Waals surface area contributed by atoms with E-state index in [9.17, 15) is 4.79 Å². The van der Waals surface area contributed by atoms with Crippen molar-refractivity contribution in [3.8, 4) is 11.3 Å². The van der Waals surface area contributed by atoms with Gasteiger partial charge in [0.2, 0.25) is 17.8 Å². The first kappa shape index (κ1) is 19.0. The van der Waals surface area contributed by atoms with Crippen LogP contribution in [-0.2, 0) is 11.3 Å². The molecule has 0 radical (unpaired) electrons. The van der Waals surface area contributed by atoms with Crippen molar-refractivity contribution in [3.05, 3.63) is 47.2 Å². The standard InChI is InChI=1S/C17H17ClN6O2S/c1-24(14(25)9-27-17-22-15(19)21-16(20)23-17)8-12-6-7-13(26-12)10-2-4-11(18)5-3-10/h2-7H,8-9H2,1H3,(H4,19,20,21,22,23). The van der Waals surface area contributed by atoms with Gasteiger partial charge in [0, 0.05) is 17.6 Å². The number of rotatable bonds is 6. The number of furan rings is 1. The molecule has 8 nitrogen and oxygen atoms in total. The van der Waals surface area contributed by atoms with Crippen molar-refractivity contribution in [1.29, 1.82) is 0 Å². The summed E-state index contributed by atoms with van der Waals surface area (Å²) in [7, 11) is 1.70. The van der Waals surface area contributed by atoms with Crippen molar-refractivity contribution in [2.75, 3.05) is 24.3 Å². The molecule has 3 rings (SSSR count). The number of thioether (sulfide) groups is 1. The molecule has 10 heteroatoms. The molecule has 0 aliphatic heterocycles. The predicted molar refractivity (Wildman–Crippen MR) is 105 cm³/mol. The molecule has 1 aromatic carbocycles. The van der Waals surface area contributed by atoms with Crippen molar-refractivity contribution in [2.24, 2.45) is 0 Å². The first-order valence-corrected chi connectivity index (χ1v) is 9.25. The third-order valence-corrected chi connectivity index (χ3v) is 4.67. The van der Waals surface area contributed by atoms with Crippen LogP contribution < -0.4 is 11.5 Å². The number of carbonyl (C=O) groups excluding carboxylic acids is 1. The Labute approximate surface area is 164 Å². The first-order chi connectivity index (χ1) is 12.9. The Hall–Kier alpha value is -2.78. The maximum Gasteiger partial charge on any atom is 0.233 e. The summed E-state index contributed by atoms with van der Waals surface area (Å²) in [6, 6.07) is 11.1. The fourth-order valence-electron chi connectivity index (χ4n) is 2.24. The van der Waals surface area contributed by atoms with Gasteiger partial charge < -0.3 is 20.8 Å². The number of carbonyl (C=O) groups is 1. The number of aromatic nitrogens is 3. The van der Waals surface area contributed by atoms with Crippen LogP contribution in [0.25, 0.3) is 11.3 Å². The van der Waals surface area contributed by atoms with E-state index in [-0.39, 0.29) is 23.6 Å².